The van der Waals surface area contributed by atoms with Gasteiger partial charge in [0.25, 0.3) is 0 Å². The van der Waals surface area contributed by atoms with E-state index in [0.717, 1.165) is 22.4 Å². The number of benzene rings is 2. The lowest BCUT2D eigenvalue weighted by Gasteiger charge is -2.07. The molecule has 1 amide bonds. The Morgan fingerprint density at radius 3 is 2.79 bits per heavy atom. The maximum atomic E-state index is 12.4. The summed E-state index contributed by atoms with van der Waals surface area (Å²) in [7, 11) is 0. The fourth-order valence-corrected chi connectivity index (χ4v) is 4.18. The Hall–Kier alpha value is -3.03. The van der Waals surface area contributed by atoms with Gasteiger partial charge in [0, 0.05) is 23.0 Å². The summed E-state index contributed by atoms with van der Waals surface area (Å²) in [6.45, 7) is 1.93. The average molecular weight is 408 g/mol. The normalized spacial score (nSPS) is 13.7. The predicted octanol–water partition coefficient (Wildman–Crippen LogP) is 5.19. The van der Waals surface area contributed by atoms with Gasteiger partial charge in [-0.2, -0.15) is 0 Å². The van der Waals surface area contributed by atoms with Crippen LogP contribution in [-0.2, 0) is 11.3 Å². The third-order valence-electron chi connectivity index (χ3n) is 4.38. The minimum absolute atomic E-state index is 0.0145. The molecule has 0 unspecified atom stereocenters. The SMILES string of the molecule is Cc1ccc(NC(=O)Cn2c(O)c(/C=C3/C=Nc4ccccc43)sc2=S)cc1. The number of rotatable bonds is 4. The van der Waals surface area contributed by atoms with E-state index in [0.29, 0.717) is 14.5 Å². The van der Waals surface area contributed by atoms with Crippen LogP contribution in [0.2, 0.25) is 0 Å². The molecule has 1 aliphatic rings. The standard InChI is InChI=1S/C21H17N3O2S2/c1-13-6-8-15(9-7-13)23-19(25)12-24-20(26)18(28-21(24)27)10-14-11-22-17-5-3-2-4-16(14)17/h2-11,26H,12H2,1H3,(H,23,25)/b14-10-. The van der Waals surface area contributed by atoms with Crippen molar-refractivity contribution in [1.29, 1.82) is 0 Å². The minimum Gasteiger partial charge on any atom is -0.493 e. The van der Waals surface area contributed by atoms with E-state index in [1.807, 2.05) is 61.5 Å². The van der Waals surface area contributed by atoms with Gasteiger partial charge in [-0.05, 0) is 43.4 Å². The second-order valence-corrected chi connectivity index (χ2v) is 8.11. The molecule has 0 radical (unpaired) electrons. The number of aliphatic imine (C=N–C) groups is 1. The molecule has 0 fully saturated rings. The zero-order chi connectivity index (χ0) is 19.7. The zero-order valence-corrected chi connectivity index (χ0v) is 16.7. The lowest BCUT2D eigenvalue weighted by Crippen LogP contribution is -2.18. The Balaban J connectivity index is 1.56. The molecule has 0 atom stereocenters. The summed E-state index contributed by atoms with van der Waals surface area (Å²) in [5, 5.41) is 13.4. The highest BCUT2D eigenvalue weighted by molar-refractivity contribution is 7.73. The fraction of sp³-hybridized carbons (Fsp3) is 0.0952. The molecule has 2 aromatic carbocycles. The molecule has 1 aromatic heterocycles. The summed E-state index contributed by atoms with van der Waals surface area (Å²) in [4.78, 5) is 17.3. The number of carbonyl (C=O) groups is 1. The third kappa shape index (κ3) is 3.67. The number of thiazole rings is 1. The second-order valence-electron chi connectivity index (χ2n) is 6.43. The van der Waals surface area contributed by atoms with Gasteiger partial charge in [-0.1, -0.05) is 35.9 Å². The smallest absolute Gasteiger partial charge is 0.244 e. The van der Waals surface area contributed by atoms with Crippen molar-refractivity contribution in [1.82, 2.24) is 4.57 Å². The van der Waals surface area contributed by atoms with Crippen molar-refractivity contribution in [3.05, 3.63) is 68.5 Å². The van der Waals surface area contributed by atoms with Gasteiger partial charge in [-0.15, -0.1) is 11.3 Å². The number of carbonyl (C=O) groups excluding carboxylic acids is 1. The van der Waals surface area contributed by atoms with Crippen molar-refractivity contribution >= 4 is 58.7 Å². The van der Waals surface area contributed by atoms with Gasteiger partial charge in [0.05, 0.1) is 10.6 Å². The number of allylic oxidation sites excluding steroid dienone is 1. The monoisotopic (exact) mass is 407 g/mol. The highest BCUT2D eigenvalue weighted by atomic mass is 32.1. The Labute approximate surface area is 171 Å². The lowest BCUT2D eigenvalue weighted by atomic mass is 10.1. The fourth-order valence-electron chi connectivity index (χ4n) is 2.92. The molecule has 0 bridgehead atoms. The average Bonchev–Trinajstić information content (AvgIpc) is 3.20. The Morgan fingerprint density at radius 2 is 2.00 bits per heavy atom. The molecule has 0 aliphatic carbocycles. The van der Waals surface area contributed by atoms with Crippen LogP contribution in [0.5, 0.6) is 5.88 Å². The van der Waals surface area contributed by atoms with Crippen LogP contribution in [0, 0.1) is 10.9 Å². The van der Waals surface area contributed by atoms with Crippen LogP contribution < -0.4 is 5.32 Å². The van der Waals surface area contributed by atoms with Gasteiger partial charge in [0.15, 0.2) is 3.95 Å². The molecule has 3 aromatic rings. The van der Waals surface area contributed by atoms with Crippen LogP contribution in [0.25, 0.3) is 11.6 Å². The van der Waals surface area contributed by atoms with Crippen LogP contribution in [0.15, 0.2) is 53.5 Å². The zero-order valence-electron chi connectivity index (χ0n) is 15.0. The van der Waals surface area contributed by atoms with E-state index in [4.69, 9.17) is 12.2 Å². The number of aryl methyl sites for hydroxylation is 1. The quantitative estimate of drug-likeness (QED) is 0.585. The summed E-state index contributed by atoms with van der Waals surface area (Å²) in [6, 6.07) is 15.3. The highest BCUT2D eigenvalue weighted by Crippen LogP contribution is 2.35. The summed E-state index contributed by atoms with van der Waals surface area (Å²) < 4.78 is 1.88. The maximum absolute atomic E-state index is 12.4. The van der Waals surface area contributed by atoms with Crippen LogP contribution in [0.3, 0.4) is 0 Å². The van der Waals surface area contributed by atoms with Gasteiger partial charge in [-0.3, -0.25) is 14.4 Å². The molecular formula is C21H17N3O2S2. The van der Waals surface area contributed by atoms with Crippen LogP contribution in [0.1, 0.15) is 16.0 Å². The molecule has 0 spiro atoms. The first-order chi connectivity index (χ1) is 13.5. The lowest BCUT2D eigenvalue weighted by molar-refractivity contribution is -0.116. The molecule has 0 saturated heterocycles. The molecule has 140 valence electrons. The second kappa shape index (κ2) is 7.53. The van der Waals surface area contributed by atoms with E-state index in [2.05, 4.69) is 10.3 Å². The minimum atomic E-state index is -0.250. The first-order valence-electron chi connectivity index (χ1n) is 8.65. The molecular weight excluding hydrogens is 390 g/mol. The molecule has 28 heavy (non-hydrogen) atoms. The Bertz CT molecular complexity index is 1170. The number of nitrogens with one attached hydrogen (secondary N) is 1. The number of fused-ring (bicyclic) bond motifs is 1. The van der Waals surface area contributed by atoms with Crippen LogP contribution >= 0.6 is 23.6 Å². The van der Waals surface area contributed by atoms with E-state index in [-0.39, 0.29) is 18.3 Å². The number of para-hydroxylation sites is 1. The van der Waals surface area contributed by atoms with Crippen molar-refractivity contribution in [2.75, 3.05) is 5.32 Å². The third-order valence-corrected chi connectivity index (χ3v) is 5.76. The van der Waals surface area contributed by atoms with Gasteiger partial charge in [-0.25, -0.2) is 0 Å². The topological polar surface area (TPSA) is 66.6 Å². The number of aromatic nitrogens is 1. The first-order valence-corrected chi connectivity index (χ1v) is 9.88. The largest absolute Gasteiger partial charge is 0.493 e. The molecule has 0 saturated carbocycles. The van der Waals surface area contributed by atoms with Crippen molar-refractivity contribution in [3.63, 3.8) is 0 Å². The summed E-state index contributed by atoms with van der Waals surface area (Å²) in [5.74, 6) is -0.264. The van der Waals surface area contributed by atoms with Crippen LogP contribution in [0.4, 0.5) is 11.4 Å². The van der Waals surface area contributed by atoms with Crippen molar-refractivity contribution in [3.8, 4) is 5.88 Å². The molecule has 4 rings (SSSR count). The Kier molecular flexibility index (Phi) is 4.93. The van der Waals surface area contributed by atoms with E-state index < -0.39 is 0 Å². The number of aromatic hydroxyl groups is 1. The predicted molar refractivity (Wildman–Crippen MR) is 117 cm³/mol. The number of hydrogen-bond donors (Lipinski definition) is 2. The molecule has 2 heterocycles. The number of nitrogens with zero attached hydrogens (tertiary/aromatic N) is 2. The van der Waals surface area contributed by atoms with E-state index in [1.54, 1.807) is 6.21 Å². The van der Waals surface area contributed by atoms with Gasteiger partial charge in [0.2, 0.25) is 11.8 Å². The van der Waals surface area contributed by atoms with Crippen molar-refractivity contribution in [2.45, 2.75) is 13.5 Å². The van der Waals surface area contributed by atoms with Crippen molar-refractivity contribution < 1.29 is 9.90 Å². The molecule has 2 N–H and O–H groups in total. The van der Waals surface area contributed by atoms with E-state index >= 15 is 0 Å². The van der Waals surface area contributed by atoms with Gasteiger partial charge >= 0.3 is 0 Å². The summed E-state index contributed by atoms with van der Waals surface area (Å²) in [6.07, 6.45) is 3.61. The van der Waals surface area contributed by atoms with Crippen molar-refractivity contribution in [2.24, 2.45) is 4.99 Å². The summed E-state index contributed by atoms with van der Waals surface area (Å²) in [5.41, 5.74) is 4.63. The molecule has 7 heteroatoms. The molecule has 1 aliphatic heterocycles. The molecule has 5 nitrogen and oxygen atoms in total. The van der Waals surface area contributed by atoms with Crippen LogP contribution in [-0.4, -0.2) is 21.8 Å². The van der Waals surface area contributed by atoms with E-state index in [1.165, 1.54) is 15.9 Å². The number of amides is 1. The number of anilines is 1. The van der Waals surface area contributed by atoms with Gasteiger partial charge in [0.1, 0.15) is 6.54 Å². The Morgan fingerprint density at radius 1 is 1.25 bits per heavy atom. The van der Waals surface area contributed by atoms with Gasteiger partial charge < -0.3 is 10.4 Å². The highest BCUT2D eigenvalue weighted by Gasteiger charge is 2.16. The summed E-state index contributed by atoms with van der Waals surface area (Å²) >= 11 is 6.62. The maximum Gasteiger partial charge on any atom is 0.244 e. The number of hydrogen-bond acceptors (Lipinski definition) is 5. The van der Waals surface area contributed by atoms with E-state index in [9.17, 15) is 9.90 Å². The first kappa shape index (κ1) is 18.3.